The quantitative estimate of drug-likeness (QED) is 0.745. The third kappa shape index (κ3) is 2.08. The van der Waals surface area contributed by atoms with E-state index in [2.05, 4.69) is 13.8 Å². The lowest BCUT2D eigenvalue weighted by Crippen LogP contribution is -2.58. The molecule has 0 aromatic rings. The van der Waals surface area contributed by atoms with E-state index >= 15 is 0 Å². The van der Waals surface area contributed by atoms with Gasteiger partial charge in [-0.3, -0.25) is 4.79 Å². The average Bonchev–Trinajstić information content (AvgIpc) is 2.76. The van der Waals surface area contributed by atoms with Crippen LogP contribution >= 0.6 is 0 Å². The molecule has 23 heavy (non-hydrogen) atoms. The molecule has 0 aliphatic heterocycles. The number of aliphatic hydroxyl groups is 1. The third-order valence-corrected chi connectivity index (χ3v) is 8.61. The maximum absolute atomic E-state index is 12.2. The van der Waals surface area contributed by atoms with E-state index in [1.165, 1.54) is 39.2 Å². The lowest BCUT2D eigenvalue weighted by molar-refractivity contribution is -0.180. The molecule has 7 atom stereocenters. The van der Waals surface area contributed by atoms with Gasteiger partial charge in [0.1, 0.15) is 0 Å². The van der Waals surface area contributed by atoms with E-state index in [-0.39, 0.29) is 17.3 Å². The highest BCUT2D eigenvalue weighted by Gasteiger charge is 2.65. The van der Waals surface area contributed by atoms with Gasteiger partial charge in [-0.2, -0.15) is 0 Å². The lowest BCUT2D eigenvalue weighted by Gasteiger charge is -2.63. The second-order valence-electron chi connectivity index (χ2n) is 9.60. The van der Waals surface area contributed by atoms with E-state index in [0.717, 1.165) is 25.7 Å². The lowest BCUT2D eigenvalue weighted by atomic mass is 9.43. The normalized spacial score (nSPS) is 55.0. The zero-order valence-electron chi connectivity index (χ0n) is 14.9. The van der Waals surface area contributed by atoms with Gasteiger partial charge < -0.3 is 9.84 Å². The highest BCUT2D eigenvalue weighted by molar-refractivity contribution is 5.73. The third-order valence-electron chi connectivity index (χ3n) is 8.61. The van der Waals surface area contributed by atoms with Crippen LogP contribution in [0.1, 0.15) is 71.6 Å². The Morgan fingerprint density at radius 2 is 1.83 bits per heavy atom. The van der Waals surface area contributed by atoms with E-state index in [4.69, 9.17) is 4.74 Å². The molecule has 0 heterocycles. The largest absolute Gasteiger partial charge is 0.469 e. The molecule has 3 heteroatoms. The van der Waals surface area contributed by atoms with Crippen molar-refractivity contribution in [2.75, 3.05) is 7.11 Å². The van der Waals surface area contributed by atoms with Gasteiger partial charge in [0, 0.05) is 0 Å². The summed E-state index contributed by atoms with van der Waals surface area (Å²) in [5.74, 6) is 1.83. The summed E-state index contributed by atoms with van der Waals surface area (Å²) in [6, 6.07) is 0. The van der Waals surface area contributed by atoms with Gasteiger partial charge in [0.2, 0.25) is 0 Å². The molecule has 3 nitrogen and oxygen atoms in total. The van der Waals surface area contributed by atoms with Crippen molar-refractivity contribution in [3.8, 4) is 0 Å². The summed E-state index contributed by atoms with van der Waals surface area (Å²) >= 11 is 0. The van der Waals surface area contributed by atoms with Crippen molar-refractivity contribution >= 4 is 5.97 Å². The zero-order valence-corrected chi connectivity index (χ0v) is 14.9. The van der Waals surface area contributed by atoms with Crippen LogP contribution in [0.4, 0.5) is 0 Å². The molecule has 0 aromatic heterocycles. The van der Waals surface area contributed by atoms with Gasteiger partial charge in [-0.15, -0.1) is 0 Å². The molecule has 4 saturated carbocycles. The zero-order chi connectivity index (χ0) is 16.5. The fraction of sp³-hybridized carbons (Fsp3) is 0.950. The number of carbonyl (C=O) groups is 1. The van der Waals surface area contributed by atoms with Gasteiger partial charge in [-0.25, -0.2) is 0 Å². The van der Waals surface area contributed by atoms with E-state index < -0.39 is 5.60 Å². The summed E-state index contributed by atoms with van der Waals surface area (Å²) < 4.78 is 5.10. The molecule has 0 aromatic carbocycles. The van der Waals surface area contributed by atoms with Crippen LogP contribution in [0.2, 0.25) is 0 Å². The summed E-state index contributed by atoms with van der Waals surface area (Å²) in [6.07, 6.45) is 10.4. The standard InChI is InChI=1S/C20H32O3/c1-18-8-4-9-19(2,22)15(18)7-10-20-11-13(5-6-16(18)20)14(12-20)17(21)23-3/h13-16,22H,4-12H2,1-3H3/t13-,14-,15-,16-,18-,19-,20+/m1/s1. The number of rotatable bonds is 1. The van der Waals surface area contributed by atoms with Gasteiger partial charge >= 0.3 is 5.97 Å². The molecule has 4 aliphatic rings. The number of ether oxygens (including phenoxy) is 1. The van der Waals surface area contributed by atoms with Gasteiger partial charge in [0.25, 0.3) is 0 Å². The first kappa shape index (κ1) is 15.9. The summed E-state index contributed by atoms with van der Waals surface area (Å²) in [5, 5.41) is 11.0. The van der Waals surface area contributed by atoms with E-state index in [1.807, 2.05) is 0 Å². The maximum atomic E-state index is 12.2. The van der Waals surface area contributed by atoms with Gasteiger partial charge in [-0.05, 0) is 86.9 Å². The first-order chi connectivity index (χ1) is 10.8. The number of esters is 1. The molecular weight excluding hydrogens is 288 g/mol. The summed E-state index contributed by atoms with van der Waals surface area (Å²) in [5.41, 5.74) is 0.113. The summed E-state index contributed by atoms with van der Waals surface area (Å²) in [6.45, 7) is 4.53. The van der Waals surface area contributed by atoms with Crippen LogP contribution in [0, 0.1) is 34.5 Å². The Kier molecular flexibility index (Phi) is 3.44. The van der Waals surface area contributed by atoms with E-state index in [0.29, 0.717) is 23.2 Å². The number of hydrogen-bond acceptors (Lipinski definition) is 3. The van der Waals surface area contributed by atoms with Gasteiger partial charge in [0.15, 0.2) is 0 Å². The molecule has 0 unspecified atom stereocenters. The van der Waals surface area contributed by atoms with E-state index in [1.54, 1.807) is 0 Å². The van der Waals surface area contributed by atoms with Crippen molar-refractivity contribution in [2.45, 2.75) is 77.2 Å². The Morgan fingerprint density at radius 1 is 1.04 bits per heavy atom. The predicted molar refractivity (Wildman–Crippen MR) is 88.7 cm³/mol. The molecule has 4 rings (SSSR count). The highest BCUT2D eigenvalue weighted by atomic mass is 16.5. The summed E-state index contributed by atoms with van der Waals surface area (Å²) in [7, 11) is 1.54. The molecule has 2 bridgehead atoms. The van der Waals surface area contributed by atoms with Gasteiger partial charge in [-0.1, -0.05) is 13.3 Å². The fourth-order valence-corrected chi connectivity index (χ4v) is 7.84. The van der Waals surface area contributed by atoms with E-state index in [9.17, 15) is 9.90 Å². The van der Waals surface area contributed by atoms with Gasteiger partial charge in [0.05, 0.1) is 18.6 Å². The van der Waals surface area contributed by atoms with Crippen molar-refractivity contribution < 1.29 is 14.6 Å². The van der Waals surface area contributed by atoms with Crippen LogP contribution in [-0.2, 0) is 9.53 Å². The second-order valence-corrected chi connectivity index (χ2v) is 9.60. The Morgan fingerprint density at radius 3 is 2.57 bits per heavy atom. The molecular formula is C20H32O3. The highest BCUT2D eigenvalue weighted by Crippen LogP contribution is 2.71. The van der Waals surface area contributed by atoms with Crippen molar-refractivity contribution in [3.05, 3.63) is 0 Å². The number of methoxy groups -OCH3 is 1. The van der Waals surface area contributed by atoms with Crippen LogP contribution in [0.25, 0.3) is 0 Å². The number of carbonyl (C=O) groups excluding carboxylic acids is 1. The SMILES string of the molecule is COC(=O)[C@@H]1C[C@@]23CC[C@@H]4[C@@](C)(CCC[C@@]4(C)O)[C@H]2CC[C@@H]1C3. The minimum absolute atomic E-state index is 0.0236. The van der Waals surface area contributed by atoms with Crippen LogP contribution in [0.3, 0.4) is 0 Å². The van der Waals surface area contributed by atoms with Crippen molar-refractivity contribution in [1.82, 2.24) is 0 Å². The minimum Gasteiger partial charge on any atom is -0.469 e. The Bertz CT molecular complexity index is 513. The Hall–Kier alpha value is -0.570. The second kappa shape index (κ2) is 4.97. The average molecular weight is 320 g/mol. The van der Waals surface area contributed by atoms with Crippen molar-refractivity contribution in [3.63, 3.8) is 0 Å². The molecule has 4 aliphatic carbocycles. The molecule has 0 amide bonds. The Labute approximate surface area is 140 Å². The van der Waals surface area contributed by atoms with Crippen LogP contribution in [0.15, 0.2) is 0 Å². The van der Waals surface area contributed by atoms with Crippen molar-refractivity contribution in [2.24, 2.45) is 34.5 Å². The summed E-state index contributed by atoms with van der Waals surface area (Å²) in [4.78, 5) is 12.2. The maximum Gasteiger partial charge on any atom is 0.308 e. The smallest absolute Gasteiger partial charge is 0.308 e. The molecule has 4 fully saturated rings. The first-order valence-electron chi connectivity index (χ1n) is 9.63. The number of fused-ring (bicyclic) bond motifs is 3. The van der Waals surface area contributed by atoms with Crippen LogP contribution < -0.4 is 0 Å². The van der Waals surface area contributed by atoms with Crippen LogP contribution in [-0.4, -0.2) is 23.8 Å². The monoisotopic (exact) mass is 320 g/mol. The molecule has 130 valence electrons. The fourth-order valence-electron chi connectivity index (χ4n) is 7.84. The molecule has 1 N–H and O–H groups in total. The number of hydrogen-bond donors (Lipinski definition) is 1. The topological polar surface area (TPSA) is 46.5 Å². The molecule has 1 spiro atoms. The molecule has 0 radical (unpaired) electrons. The predicted octanol–water partition coefficient (Wildman–Crippen LogP) is 3.93. The van der Waals surface area contributed by atoms with Crippen molar-refractivity contribution in [1.29, 1.82) is 0 Å². The Balaban J connectivity index is 1.67. The minimum atomic E-state index is -0.494. The molecule has 0 saturated heterocycles. The first-order valence-corrected chi connectivity index (χ1v) is 9.63. The van der Waals surface area contributed by atoms with Crippen LogP contribution in [0.5, 0.6) is 0 Å².